The summed E-state index contributed by atoms with van der Waals surface area (Å²) in [5.74, 6) is 0.0184. The van der Waals surface area contributed by atoms with Crippen LogP contribution in [0.25, 0.3) is 0 Å². The second kappa shape index (κ2) is 5.09. The fourth-order valence-corrected chi connectivity index (χ4v) is 2.49. The summed E-state index contributed by atoms with van der Waals surface area (Å²) in [5.41, 5.74) is 0.613. The van der Waals surface area contributed by atoms with Crippen molar-refractivity contribution in [1.82, 2.24) is 4.90 Å². The number of carbonyl (C=O) groups excluding carboxylic acids is 1. The fraction of sp³-hybridized carbons (Fsp3) is 0.500. The number of rotatable bonds is 4. The van der Waals surface area contributed by atoms with Crippen LogP contribution in [0.1, 0.15) is 37.0 Å². The van der Waals surface area contributed by atoms with E-state index in [2.05, 4.69) is 18.7 Å². The molecule has 5 heteroatoms. The highest BCUT2D eigenvalue weighted by Gasteiger charge is 2.32. The van der Waals surface area contributed by atoms with E-state index in [9.17, 15) is 14.9 Å². The highest BCUT2D eigenvalue weighted by atomic mass is 16.6. The molecule has 5 nitrogen and oxygen atoms in total. The van der Waals surface area contributed by atoms with Gasteiger partial charge in [-0.3, -0.25) is 19.8 Å². The maximum Gasteiger partial charge on any atom is 0.269 e. The molecule has 0 aromatic heterocycles. The molecule has 0 unspecified atom stereocenters. The molecule has 1 saturated heterocycles. The molecule has 0 saturated carbocycles. The van der Waals surface area contributed by atoms with Crippen LogP contribution in [0.4, 0.5) is 5.69 Å². The van der Waals surface area contributed by atoms with E-state index in [4.69, 9.17) is 0 Å². The van der Waals surface area contributed by atoms with E-state index in [1.807, 2.05) is 0 Å². The van der Waals surface area contributed by atoms with Crippen molar-refractivity contribution in [1.29, 1.82) is 0 Å². The van der Waals surface area contributed by atoms with Gasteiger partial charge in [0.1, 0.15) is 0 Å². The highest BCUT2D eigenvalue weighted by molar-refractivity contribution is 5.97. The third-order valence-corrected chi connectivity index (χ3v) is 3.81. The Morgan fingerprint density at radius 2 is 2.00 bits per heavy atom. The summed E-state index contributed by atoms with van der Waals surface area (Å²) in [6, 6.07) is 5.82. The Bertz CT molecular complexity index is 494. The summed E-state index contributed by atoms with van der Waals surface area (Å²) in [6.45, 7) is 5.60. The number of carbonyl (C=O) groups is 1. The van der Waals surface area contributed by atoms with Gasteiger partial charge >= 0.3 is 0 Å². The standard InChI is InChI=1S/C14H18N2O3/c1-14(2)8-3-9-15(14)10-13(17)11-4-6-12(7-5-11)16(18)19/h4-7H,3,8-10H2,1-2H3. The van der Waals surface area contributed by atoms with Crippen molar-refractivity contribution < 1.29 is 9.72 Å². The molecule has 0 aliphatic carbocycles. The van der Waals surface area contributed by atoms with Crippen molar-refractivity contribution in [2.75, 3.05) is 13.1 Å². The number of nitrogens with zero attached hydrogens (tertiary/aromatic N) is 2. The Hall–Kier alpha value is -1.75. The Morgan fingerprint density at radius 1 is 1.37 bits per heavy atom. The van der Waals surface area contributed by atoms with Gasteiger partial charge in [0.25, 0.3) is 5.69 Å². The van der Waals surface area contributed by atoms with Gasteiger partial charge in [-0.15, -0.1) is 0 Å². The van der Waals surface area contributed by atoms with Crippen LogP contribution in [-0.2, 0) is 0 Å². The van der Waals surface area contributed by atoms with E-state index in [0.29, 0.717) is 12.1 Å². The van der Waals surface area contributed by atoms with Crippen LogP contribution in [0.15, 0.2) is 24.3 Å². The number of Topliss-reactive ketones (excluding diaryl/α,β-unsaturated/α-hetero) is 1. The Balaban J connectivity index is 2.06. The van der Waals surface area contributed by atoms with Gasteiger partial charge in [0.2, 0.25) is 0 Å². The largest absolute Gasteiger partial charge is 0.293 e. The predicted octanol–water partition coefficient (Wildman–Crippen LogP) is 2.65. The number of likely N-dealkylation sites (tertiary alicyclic amines) is 1. The molecule has 0 bridgehead atoms. The molecule has 19 heavy (non-hydrogen) atoms. The molecule has 2 rings (SSSR count). The molecular formula is C14H18N2O3. The Morgan fingerprint density at radius 3 is 2.47 bits per heavy atom. The molecule has 0 amide bonds. The minimum atomic E-state index is -0.460. The van der Waals surface area contributed by atoms with Gasteiger partial charge in [-0.25, -0.2) is 0 Å². The first-order valence-electron chi connectivity index (χ1n) is 6.43. The van der Waals surface area contributed by atoms with Crippen molar-refractivity contribution in [2.24, 2.45) is 0 Å². The normalized spacial score (nSPS) is 18.4. The lowest BCUT2D eigenvalue weighted by molar-refractivity contribution is -0.384. The second-order valence-electron chi connectivity index (χ2n) is 5.56. The molecule has 0 spiro atoms. The third-order valence-electron chi connectivity index (χ3n) is 3.81. The van der Waals surface area contributed by atoms with Crippen LogP contribution in [0.3, 0.4) is 0 Å². The first kappa shape index (κ1) is 13.7. The predicted molar refractivity (Wildman–Crippen MR) is 72.3 cm³/mol. The maximum atomic E-state index is 12.2. The van der Waals surface area contributed by atoms with Crippen molar-refractivity contribution in [2.45, 2.75) is 32.2 Å². The van der Waals surface area contributed by atoms with Crippen LogP contribution in [0, 0.1) is 10.1 Å². The van der Waals surface area contributed by atoms with E-state index >= 15 is 0 Å². The van der Waals surface area contributed by atoms with Crippen LogP contribution < -0.4 is 0 Å². The fourth-order valence-electron chi connectivity index (χ4n) is 2.49. The Labute approximate surface area is 112 Å². The van der Waals surface area contributed by atoms with Gasteiger partial charge in [-0.2, -0.15) is 0 Å². The molecule has 1 aromatic rings. The van der Waals surface area contributed by atoms with E-state index in [1.54, 1.807) is 0 Å². The van der Waals surface area contributed by atoms with Crippen LogP contribution >= 0.6 is 0 Å². The monoisotopic (exact) mass is 262 g/mol. The number of benzene rings is 1. The average Bonchev–Trinajstić information content (AvgIpc) is 2.69. The lowest BCUT2D eigenvalue weighted by Gasteiger charge is -2.30. The molecule has 102 valence electrons. The van der Waals surface area contributed by atoms with Crippen LogP contribution in [-0.4, -0.2) is 34.2 Å². The molecule has 0 radical (unpaired) electrons. The molecule has 0 N–H and O–H groups in total. The summed E-state index contributed by atoms with van der Waals surface area (Å²) in [7, 11) is 0. The number of hydrogen-bond acceptors (Lipinski definition) is 4. The zero-order valence-electron chi connectivity index (χ0n) is 11.3. The molecule has 1 aliphatic rings. The number of non-ortho nitro benzene ring substituents is 1. The maximum absolute atomic E-state index is 12.2. The third kappa shape index (κ3) is 2.98. The number of ketones is 1. The molecule has 0 atom stereocenters. The van der Waals surface area contributed by atoms with Crippen molar-refractivity contribution in [3.63, 3.8) is 0 Å². The SMILES string of the molecule is CC1(C)CCCN1CC(=O)c1ccc([N+](=O)[O-])cc1. The molecular weight excluding hydrogens is 244 g/mol. The topological polar surface area (TPSA) is 63.5 Å². The smallest absolute Gasteiger partial charge is 0.269 e. The van der Waals surface area contributed by atoms with Gasteiger partial charge in [0.05, 0.1) is 11.5 Å². The molecule has 1 heterocycles. The summed E-state index contributed by atoms with van der Waals surface area (Å²) < 4.78 is 0. The average molecular weight is 262 g/mol. The Kier molecular flexibility index (Phi) is 3.66. The van der Waals surface area contributed by atoms with Gasteiger partial charge in [-0.05, 0) is 45.4 Å². The number of nitro benzene ring substituents is 1. The summed E-state index contributed by atoms with van der Waals surface area (Å²) >= 11 is 0. The minimum Gasteiger partial charge on any atom is -0.293 e. The number of hydrogen-bond donors (Lipinski definition) is 0. The number of nitro groups is 1. The first-order chi connectivity index (χ1) is 8.90. The highest BCUT2D eigenvalue weighted by Crippen LogP contribution is 2.28. The van der Waals surface area contributed by atoms with Crippen LogP contribution in [0.5, 0.6) is 0 Å². The van der Waals surface area contributed by atoms with Gasteiger partial charge in [0.15, 0.2) is 5.78 Å². The first-order valence-corrected chi connectivity index (χ1v) is 6.43. The van der Waals surface area contributed by atoms with E-state index < -0.39 is 4.92 Å². The van der Waals surface area contributed by atoms with E-state index in [1.165, 1.54) is 24.3 Å². The van der Waals surface area contributed by atoms with Crippen LogP contribution in [0.2, 0.25) is 0 Å². The molecule has 1 aromatic carbocycles. The molecule has 1 aliphatic heterocycles. The second-order valence-corrected chi connectivity index (χ2v) is 5.56. The zero-order chi connectivity index (χ0) is 14.0. The molecule has 1 fully saturated rings. The summed E-state index contributed by atoms with van der Waals surface area (Å²) in [6.07, 6.45) is 2.21. The minimum absolute atomic E-state index is 0.0121. The lowest BCUT2D eigenvalue weighted by atomic mass is 10.0. The van der Waals surface area contributed by atoms with Crippen molar-refractivity contribution in [3.05, 3.63) is 39.9 Å². The van der Waals surface area contributed by atoms with E-state index in [-0.39, 0.29) is 17.0 Å². The van der Waals surface area contributed by atoms with Gasteiger partial charge in [-0.1, -0.05) is 0 Å². The lowest BCUT2D eigenvalue weighted by Crippen LogP contribution is -2.41. The van der Waals surface area contributed by atoms with Crippen molar-refractivity contribution in [3.8, 4) is 0 Å². The summed E-state index contributed by atoms with van der Waals surface area (Å²) in [4.78, 5) is 24.4. The van der Waals surface area contributed by atoms with E-state index in [0.717, 1.165) is 19.4 Å². The summed E-state index contributed by atoms with van der Waals surface area (Å²) in [5, 5.41) is 10.6. The van der Waals surface area contributed by atoms with Gasteiger partial charge < -0.3 is 0 Å². The van der Waals surface area contributed by atoms with Gasteiger partial charge in [0, 0.05) is 23.2 Å². The van der Waals surface area contributed by atoms with Crippen molar-refractivity contribution >= 4 is 11.5 Å². The quantitative estimate of drug-likeness (QED) is 0.475. The zero-order valence-corrected chi connectivity index (χ0v) is 11.3.